The summed E-state index contributed by atoms with van der Waals surface area (Å²) in [5, 5.41) is 0. The molecule has 2 heteroatoms. The van der Waals surface area contributed by atoms with Gasteiger partial charge in [-0.25, -0.2) is 4.98 Å². The third-order valence-corrected chi connectivity index (χ3v) is 3.41. The van der Waals surface area contributed by atoms with Crippen LogP contribution >= 0.6 is 0 Å². The van der Waals surface area contributed by atoms with Crippen LogP contribution in [0.4, 0.5) is 0 Å². The van der Waals surface area contributed by atoms with E-state index in [1.165, 1.54) is 24.0 Å². The minimum Gasteiger partial charge on any atom is -0.338 e. The van der Waals surface area contributed by atoms with Crippen LogP contribution in [0.25, 0.3) is 22.4 Å². The number of rotatable bonds is 4. The molecule has 1 heterocycles. The molecule has 3 rings (SSSR count). The molecule has 0 aliphatic heterocycles. The Morgan fingerprint density at radius 1 is 1.05 bits per heavy atom. The van der Waals surface area contributed by atoms with Crippen LogP contribution in [0.3, 0.4) is 0 Å². The summed E-state index contributed by atoms with van der Waals surface area (Å²) < 4.78 is 0. The summed E-state index contributed by atoms with van der Waals surface area (Å²) in [4.78, 5) is 8.03. The Balaban J connectivity index is 1.96. The van der Waals surface area contributed by atoms with Crippen LogP contribution in [0.2, 0.25) is 0 Å². The zero-order chi connectivity index (χ0) is 13.1. The van der Waals surface area contributed by atoms with Gasteiger partial charge in [-0.1, -0.05) is 43.7 Å². The minimum atomic E-state index is 0.958. The van der Waals surface area contributed by atoms with Gasteiger partial charge in [0, 0.05) is 5.56 Å². The third kappa shape index (κ3) is 2.53. The molecule has 0 aliphatic carbocycles. The topological polar surface area (TPSA) is 28.7 Å². The van der Waals surface area contributed by atoms with Crippen molar-refractivity contribution in [2.45, 2.75) is 26.2 Å². The van der Waals surface area contributed by atoms with Crippen molar-refractivity contribution in [3.8, 4) is 11.4 Å². The van der Waals surface area contributed by atoms with Crippen LogP contribution in [0, 0.1) is 0 Å². The van der Waals surface area contributed by atoms with E-state index in [1.54, 1.807) is 0 Å². The Hall–Kier alpha value is -2.09. The molecule has 0 saturated carbocycles. The van der Waals surface area contributed by atoms with Gasteiger partial charge in [0.15, 0.2) is 0 Å². The predicted molar refractivity (Wildman–Crippen MR) is 80.1 cm³/mol. The van der Waals surface area contributed by atoms with Crippen molar-refractivity contribution in [2.75, 3.05) is 0 Å². The molecule has 0 radical (unpaired) electrons. The molecule has 3 aromatic rings. The van der Waals surface area contributed by atoms with E-state index in [0.29, 0.717) is 0 Å². The molecule has 0 amide bonds. The molecular weight excluding hydrogens is 232 g/mol. The fraction of sp³-hybridized carbons (Fsp3) is 0.235. The summed E-state index contributed by atoms with van der Waals surface area (Å²) >= 11 is 0. The van der Waals surface area contributed by atoms with Gasteiger partial charge in [0.25, 0.3) is 0 Å². The fourth-order valence-electron chi connectivity index (χ4n) is 2.34. The standard InChI is InChI=1S/C17H18N2/c1-2-3-7-13-8-6-9-14(12-13)17-18-15-10-4-5-11-16(15)19-17/h4-6,8-12H,2-3,7H2,1H3,(H,18,19). The molecule has 2 nitrogen and oxygen atoms in total. The second-order valence-electron chi connectivity index (χ2n) is 4.91. The van der Waals surface area contributed by atoms with Crippen molar-refractivity contribution < 1.29 is 0 Å². The highest BCUT2D eigenvalue weighted by Gasteiger charge is 2.05. The van der Waals surface area contributed by atoms with Crippen molar-refractivity contribution in [1.29, 1.82) is 0 Å². The second-order valence-corrected chi connectivity index (χ2v) is 4.91. The zero-order valence-corrected chi connectivity index (χ0v) is 11.2. The number of aryl methyl sites for hydroxylation is 1. The summed E-state index contributed by atoms with van der Waals surface area (Å²) in [5.41, 5.74) is 4.68. The van der Waals surface area contributed by atoms with Crippen molar-refractivity contribution >= 4 is 11.0 Å². The maximum absolute atomic E-state index is 4.65. The summed E-state index contributed by atoms with van der Waals surface area (Å²) in [7, 11) is 0. The highest BCUT2D eigenvalue weighted by atomic mass is 14.9. The Labute approximate surface area is 113 Å². The Morgan fingerprint density at radius 2 is 1.95 bits per heavy atom. The molecule has 0 atom stereocenters. The first-order chi connectivity index (χ1) is 9.36. The molecule has 1 N–H and O–H groups in total. The number of para-hydroxylation sites is 2. The maximum atomic E-state index is 4.65. The lowest BCUT2D eigenvalue weighted by atomic mass is 10.1. The van der Waals surface area contributed by atoms with E-state index in [1.807, 2.05) is 18.2 Å². The van der Waals surface area contributed by atoms with Crippen molar-refractivity contribution in [3.05, 3.63) is 54.1 Å². The largest absolute Gasteiger partial charge is 0.338 e. The number of benzene rings is 2. The summed E-state index contributed by atoms with van der Waals surface area (Å²) in [5.74, 6) is 0.958. The number of unbranched alkanes of at least 4 members (excludes halogenated alkanes) is 1. The van der Waals surface area contributed by atoms with Crippen LogP contribution in [0.5, 0.6) is 0 Å². The van der Waals surface area contributed by atoms with Crippen LogP contribution in [0.15, 0.2) is 48.5 Å². The number of nitrogens with zero attached hydrogens (tertiary/aromatic N) is 1. The number of fused-ring (bicyclic) bond motifs is 1. The molecule has 19 heavy (non-hydrogen) atoms. The van der Waals surface area contributed by atoms with E-state index in [4.69, 9.17) is 0 Å². The van der Waals surface area contributed by atoms with E-state index >= 15 is 0 Å². The number of hydrogen-bond donors (Lipinski definition) is 1. The van der Waals surface area contributed by atoms with Crippen LogP contribution in [0.1, 0.15) is 25.3 Å². The summed E-state index contributed by atoms with van der Waals surface area (Å²) in [6, 6.07) is 16.8. The minimum absolute atomic E-state index is 0.958. The van der Waals surface area contributed by atoms with Crippen LogP contribution in [-0.4, -0.2) is 9.97 Å². The lowest BCUT2D eigenvalue weighted by molar-refractivity contribution is 0.795. The van der Waals surface area contributed by atoms with Gasteiger partial charge in [-0.15, -0.1) is 0 Å². The number of aromatic amines is 1. The molecule has 0 unspecified atom stereocenters. The van der Waals surface area contributed by atoms with Gasteiger partial charge >= 0.3 is 0 Å². The highest BCUT2D eigenvalue weighted by molar-refractivity contribution is 5.79. The van der Waals surface area contributed by atoms with Crippen molar-refractivity contribution in [2.24, 2.45) is 0 Å². The van der Waals surface area contributed by atoms with Gasteiger partial charge in [0.2, 0.25) is 0 Å². The average Bonchev–Trinajstić information content (AvgIpc) is 2.89. The highest BCUT2D eigenvalue weighted by Crippen LogP contribution is 2.21. The molecule has 0 aliphatic rings. The molecule has 1 aromatic heterocycles. The van der Waals surface area contributed by atoms with E-state index in [9.17, 15) is 0 Å². The summed E-state index contributed by atoms with van der Waals surface area (Å²) in [6.45, 7) is 2.23. The van der Waals surface area contributed by atoms with E-state index in [2.05, 4.69) is 47.2 Å². The zero-order valence-electron chi connectivity index (χ0n) is 11.2. The Bertz CT molecular complexity index is 649. The summed E-state index contributed by atoms with van der Waals surface area (Å²) in [6.07, 6.45) is 3.61. The van der Waals surface area contributed by atoms with E-state index in [0.717, 1.165) is 23.3 Å². The van der Waals surface area contributed by atoms with E-state index in [-0.39, 0.29) is 0 Å². The molecule has 0 spiro atoms. The SMILES string of the molecule is CCCCc1cccc(-c2nc3ccccc3[nH]2)c1. The van der Waals surface area contributed by atoms with Crippen LogP contribution < -0.4 is 0 Å². The molecular formula is C17H18N2. The van der Waals surface area contributed by atoms with E-state index < -0.39 is 0 Å². The van der Waals surface area contributed by atoms with Gasteiger partial charge in [-0.05, 0) is 36.6 Å². The first kappa shape index (κ1) is 12.0. The molecule has 2 aromatic carbocycles. The van der Waals surface area contributed by atoms with Gasteiger partial charge < -0.3 is 4.98 Å². The van der Waals surface area contributed by atoms with Gasteiger partial charge in [0.1, 0.15) is 5.82 Å². The smallest absolute Gasteiger partial charge is 0.138 e. The molecule has 0 fully saturated rings. The van der Waals surface area contributed by atoms with Crippen molar-refractivity contribution in [1.82, 2.24) is 9.97 Å². The number of imidazole rings is 1. The number of H-pyrrole nitrogens is 1. The average molecular weight is 250 g/mol. The molecule has 0 bridgehead atoms. The number of hydrogen-bond acceptors (Lipinski definition) is 1. The maximum Gasteiger partial charge on any atom is 0.138 e. The first-order valence-corrected chi connectivity index (χ1v) is 6.91. The third-order valence-electron chi connectivity index (χ3n) is 3.41. The lowest BCUT2D eigenvalue weighted by Crippen LogP contribution is -1.87. The van der Waals surface area contributed by atoms with Gasteiger partial charge in [-0.2, -0.15) is 0 Å². The van der Waals surface area contributed by atoms with Crippen LogP contribution in [-0.2, 0) is 6.42 Å². The Morgan fingerprint density at radius 3 is 2.79 bits per heavy atom. The first-order valence-electron chi connectivity index (χ1n) is 6.91. The monoisotopic (exact) mass is 250 g/mol. The second kappa shape index (κ2) is 5.27. The van der Waals surface area contributed by atoms with Crippen molar-refractivity contribution in [3.63, 3.8) is 0 Å². The lowest BCUT2D eigenvalue weighted by Gasteiger charge is -2.02. The Kier molecular flexibility index (Phi) is 3.32. The molecule has 0 saturated heterocycles. The normalized spacial score (nSPS) is 11.0. The van der Waals surface area contributed by atoms with Gasteiger partial charge in [-0.3, -0.25) is 0 Å². The van der Waals surface area contributed by atoms with Gasteiger partial charge in [0.05, 0.1) is 11.0 Å². The molecule has 96 valence electrons. The number of aromatic nitrogens is 2. The predicted octanol–water partition coefficient (Wildman–Crippen LogP) is 4.57. The quantitative estimate of drug-likeness (QED) is 0.721. The fourth-order valence-corrected chi connectivity index (χ4v) is 2.34. The number of nitrogens with one attached hydrogen (secondary N) is 1.